The zero-order valence-corrected chi connectivity index (χ0v) is 12.0. The Balaban J connectivity index is 2.82. The van der Waals surface area contributed by atoms with E-state index >= 15 is 0 Å². The van der Waals surface area contributed by atoms with Gasteiger partial charge in [0.15, 0.2) is 0 Å². The number of carbonyl (C=O) groups is 1. The first-order valence-electron chi connectivity index (χ1n) is 6.75. The number of rotatable bonds is 6. The summed E-state index contributed by atoms with van der Waals surface area (Å²) < 4.78 is 50.8. The van der Waals surface area contributed by atoms with Crippen molar-refractivity contribution in [1.29, 1.82) is 0 Å². The molecule has 0 saturated carbocycles. The van der Waals surface area contributed by atoms with Crippen molar-refractivity contribution in [2.75, 3.05) is 6.61 Å². The molecule has 1 rings (SSSR count). The third-order valence-electron chi connectivity index (χ3n) is 3.06. The van der Waals surface area contributed by atoms with Crippen molar-refractivity contribution in [3.05, 3.63) is 35.6 Å². The molecule has 0 aromatic heterocycles. The van der Waals surface area contributed by atoms with E-state index in [1.807, 2.05) is 0 Å². The van der Waals surface area contributed by atoms with Gasteiger partial charge in [0.2, 0.25) is 0 Å². The quantitative estimate of drug-likeness (QED) is 0.705. The van der Waals surface area contributed by atoms with Crippen LogP contribution in [0.3, 0.4) is 0 Å². The average Bonchev–Trinajstić information content (AvgIpc) is 2.43. The number of aliphatic hydroxyl groups is 1. The molecule has 0 heterocycles. The minimum absolute atomic E-state index is 0.144. The number of halogens is 4. The molecule has 22 heavy (non-hydrogen) atoms. The predicted octanol–water partition coefficient (Wildman–Crippen LogP) is 2.89. The van der Waals surface area contributed by atoms with E-state index in [2.05, 4.69) is 10.6 Å². The highest BCUT2D eigenvalue weighted by Crippen LogP contribution is 2.29. The summed E-state index contributed by atoms with van der Waals surface area (Å²) in [6, 6.07) is 1.74. The van der Waals surface area contributed by atoms with Crippen LogP contribution < -0.4 is 10.6 Å². The Labute approximate surface area is 125 Å². The third-order valence-corrected chi connectivity index (χ3v) is 3.06. The summed E-state index contributed by atoms with van der Waals surface area (Å²) in [6.45, 7) is 1.40. The van der Waals surface area contributed by atoms with Crippen LogP contribution in [0, 0.1) is 5.82 Å². The number of carbonyl (C=O) groups excluding carboxylic acids is 1. The van der Waals surface area contributed by atoms with Crippen LogP contribution in [0.25, 0.3) is 0 Å². The van der Waals surface area contributed by atoms with Gasteiger partial charge in [-0.3, -0.25) is 0 Å². The van der Waals surface area contributed by atoms with Crippen LogP contribution in [-0.4, -0.2) is 30.0 Å². The van der Waals surface area contributed by atoms with Crippen LogP contribution in [0.1, 0.15) is 31.4 Å². The Morgan fingerprint density at radius 2 is 1.82 bits per heavy atom. The number of urea groups is 1. The van der Waals surface area contributed by atoms with Gasteiger partial charge in [-0.25, -0.2) is 9.18 Å². The highest BCUT2D eigenvalue weighted by atomic mass is 19.4. The van der Waals surface area contributed by atoms with Gasteiger partial charge in [-0.2, -0.15) is 13.2 Å². The number of hydrogen-bond donors (Lipinski definition) is 3. The minimum Gasteiger partial charge on any atom is -0.394 e. The van der Waals surface area contributed by atoms with E-state index in [0.717, 1.165) is 12.1 Å². The molecule has 0 saturated heterocycles. The lowest BCUT2D eigenvalue weighted by atomic mass is 10.0. The van der Waals surface area contributed by atoms with E-state index in [1.54, 1.807) is 6.92 Å². The second-order valence-electron chi connectivity index (χ2n) is 4.83. The molecule has 2 atom stereocenters. The van der Waals surface area contributed by atoms with Crippen LogP contribution in [0.15, 0.2) is 24.3 Å². The Bertz CT molecular complexity index is 473. The van der Waals surface area contributed by atoms with Gasteiger partial charge in [0, 0.05) is 0 Å². The Kier molecular flexibility index (Phi) is 6.61. The van der Waals surface area contributed by atoms with Gasteiger partial charge in [-0.15, -0.1) is 0 Å². The van der Waals surface area contributed by atoms with Crippen LogP contribution in [-0.2, 0) is 0 Å². The molecule has 4 nitrogen and oxygen atoms in total. The fraction of sp³-hybridized carbons (Fsp3) is 0.500. The Morgan fingerprint density at radius 1 is 1.23 bits per heavy atom. The number of benzene rings is 1. The fourth-order valence-electron chi connectivity index (χ4n) is 1.84. The second-order valence-corrected chi connectivity index (χ2v) is 4.83. The molecule has 2 unspecified atom stereocenters. The minimum atomic E-state index is -4.49. The van der Waals surface area contributed by atoms with E-state index in [-0.39, 0.29) is 12.2 Å². The van der Waals surface area contributed by atoms with Crippen molar-refractivity contribution in [2.24, 2.45) is 0 Å². The zero-order chi connectivity index (χ0) is 16.8. The van der Waals surface area contributed by atoms with E-state index in [1.165, 1.54) is 12.1 Å². The summed E-state index contributed by atoms with van der Waals surface area (Å²) in [5.41, 5.74) is 0.144. The van der Waals surface area contributed by atoms with Gasteiger partial charge in [-0.05, 0) is 24.1 Å². The van der Waals surface area contributed by atoms with Crippen molar-refractivity contribution in [1.82, 2.24) is 10.6 Å². The Morgan fingerprint density at radius 3 is 2.27 bits per heavy atom. The van der Waals surface area contributed by atoms with E-state index in [0.29, 0.717) is 6.42 Å². The summed E-state index contributed by atoms with van der Waals surface area (Å²) in [6.07, 6.45) is -5.33. The SMILES string of the molecule is CCC(CO)NC(=O)NC(CC(F)(F)F)c1ccc(F)cc1. The number of alkyl halides is 3. The zero-order valence-electron chi connectivity index (χ0n) is 12.0. The summed E-state index contributed by atoms with van der Waals surface area (Å²) in [4.78, 5) is 11.7. The molecule has 0 aliphatic heterocycles. The topological polar surface area (TPSA) is 61.4 Å². The molecule has 1 aromatic rings. The molecule has 0 fully saturated rings. The number of nitrogens with one attached hydrogen (secondary N) is 2. The lowest BCUT2D eigenvalue weighted by Gasteiger charge is -2.22. The predicted molar refractivity (Wildman–Crippen MR) is 72.6 cm³/mol. The lowest BCUT2D eigenvalue weighted by molar-refractivity contribution is -0.139. The van der Waals surface area contributed by atoms with Gasteiger partial charge in [0.25, 0.3) is 0 Å². The van der Waals surface area contributed by atoms with Crippen molar-refractivity contribution in [3.8, 4) is 0 Å². The van der Waals surface area contributed by atoms with Crippen LogP contribution >= 0.6 is 0 Å². The van der Waals surface area contributed by atoms with Crippen LogP contribution in [0.5, 0.6) is 0 Å². The molecule has 0 spiro atoms. The maximum atomic E-state index is 12.9. The summed E-state index contributed by atoms with van der Waals surface area (Å²) >= 11 is 0. The fourth-order valence-corrected chi connectivity index (χ4v) is 1.84. The first-order chi connectivity index (χ1) is 10.2. The van der Waals surface area contributed by atoms with Gasteiger partial charge in [0.05, 0.1) is 25.1 Å². The van der Waals surface area contributed by atoms with Crippen LogP contribution in [0.2, 0.25) is 0 Å². The van der Waals surface area contributed by atoms with E-state index < -0.39 is 36.5 Å². The summed E-state index contributed by atoms with van der Waals surface area (Å²) in [5.74, 6) is -0.578. The number of amides is 2. The van der Waals surface area contributed by atoms with E-state index in [9.17, 15) is 22.4 Å². The van der Waals surface area contributed by atoms with Gasteiger partial charge >= 0.3 is 12.2 Å². The maximum Gasteiger partial charge on any atom is 0.391 e. The molecule has 8 heteroatoms. The highest BCUT2D eigenvalue weighted by molar-refractivity contribution is 5.74. The first kappa shape index (κ1) is 18.2. The van der Waals surface area contributed by atoms with Gasteiger partial charge in [-0.1, -0.05) is 19.1 Å². The highest BCUT2D eigenvalue weighted by Gasteiger charge is 2.33. The van der Waals surface area contributed by atoms with Crippen molar-refractivity contribution < 1.29 is 27.5 Å². The molecule has 124 valence electrons. The molecule has 0 aliphatic carbocycles. The molecule has 0 radical (unpaired) electrons. The van der Waals surface area contributed by atoms with Gasteiger partial charge in [0.1, 0.15) is 5.82 Å². The molecule has 0 aliphatic rings. The largest absolute Gasteiger partial charge is 0.394 e. The third kappa shape index (κ3) is 6.30. The van der Waals surface area contributed by atoms with Crippen LogP contribution in [0.4, 0.5) is 22.4 Å². The average molecular weight is 322 g/mol. The standard InChI is InChI=1S/C14H18F4N2O2/c1-2-11(8-21)19-13(22)20-12(7-14(16,17)18)9-3-5-10(15)6-4-9/h3-6,11-12,21H,2,7-8H2,1H3,(H2,19,20,22). The maximum absolute atomic E-state index is 12.9. The molecular formula is C14H18F4N2O2. The normalized spacial score (nSPS) is 14.3. The smallest absolute Gasteiger partial charge is 0.391 e. The Hall–Kier alpha value is -1.83. The molecule has 0 bridgehead atoms. The summed E-state index contributed by atoms with van der Waals surface area (Å²) in [7, 11) is 0. The van der Waals surface area contributed by atoms with Gasteiger partial charge < -0.3 is 15.7 Å². The second kappa shape index (κ2) is 7.98. The van der Waals surface area contributed by atoms with Crippen molar-refractivity contribution >= 4 is 6.03 Å². The molecular weight excluding hydrogens is 304 g/mol. The van der Waals surface area contributed by atoms with E-state index in [4.69, 9.17) is 5.11 Å². The summed E-state index contributed by atoms with van der Waals surface area (Å²) in [5, 5.41) is 13.6. The van der Waals surface area contributed by atoms with Crippen molar-refractivity contribution in [2.45, 2.75) is 38.0 Å². The number of aliphatic hydroxyl groups excluding tert-OH is 1. The molecule has 1 aromatic carbocycles. The lowest BCUT2D eigenvalue weighted by Crippen LogP contribution is -2.45. The van der Waals surface area contributed by atoms with Crippen molar-refractivity contribution in [3.63, 3.8) is 0 Å². The number of hydrogen-bond acceptors (Lipinski definition) is 2. The molecule has 2 amide bonds. The first-order valence-corrected chi connectivity index (χ1v) is 6.75. The molecule has 3 N–H and O–H groups in total. The monoisotopic (exact) mass is 322 g/mol.